The number of carbonyl (C=O) groups excluding carboxylic acids is 1. The van der Waals surface area contributed by atoms with E-state index in [-0.39, 0.29) is 5.41 Å². The zero-order valence-electron chi connectivity index (χ0n) is 14.8. The lowest BCUT2D eigenvalue weighted by Gasteiger charge is -2.44. The second-order valence-electron chi connectivity index (χ2n) is 7.86. The van der Waals surface area contributed by atoms with E-state index in [4.69, 9.17) is 5.26 Å². The van der Waals surface area contributed by atoms with Crippen LogP contribution in [0.3, 0.4) is 0 Å². The van der Waals surface area contributed by atoms with Gasteiger partial charge in [0.25, 0.3) is 0 Å². The van der Waals surface area contributed by atoms with E-state index < -0.39 is 0 Å². The third-order valence-electron chi connectivity index (χ3n) is 6.34. The third-order valence-corrected chi connectivity index (χ3v) is 6.34. The molecule has 1 unspecified atom stereocenters. The van der Waals surface area contributed by atoms with Crippen LogP contribution in [0.15, 0.2) is 18.3 Å². The lowest BCUT2D eigenvalue weighted by atomic mass is 9.77. The standard InChI is InChI=1S/C20H26N4O/c21-14-16-7-10-22-18(13-16)23-12-9-20(15-23)8-4-11-24(19(20)25)17-5-2-1-3-6-17/h7,10,13,17H,1-6,8-9,11-12,15H2. The van der Waals surface area contributed by atoms with Gasteiger partial charge >= 0.3 is 0 Å². The van der Waals surface area contributed by atoms with Gasteiger partial charge in [0.15, 0.2) is 0 Å². The lowest BCUT2D eigenvalue weighted by Crippen LogP contribution is -2.54. The number of rotatable bonds is 2. The Labute approximate surface area is 149 Å². The van der Waals surface area contributed by atoms with E-state index in [0.717, 1.165) is 44.7 Å². The Morgan fingerprint density at radius 2 is 2.00 bits per heavy atom. The van der Waals surface area contributed by atoms with Gasteiger partial charge in [0, 0.05) is 31.9 Å². The van der Waals surface area contributed by atoms with E-state index in [0.29, 0.717) is 17.5 Å². The summed E-state index contributed by atoms with van der Waals surface area (Å²) in [5, 5.41) is 9.11. The van der Waals surface area contributed by atoms with Crippen LogP contribution in [0.25, 0.3) is 0 Å². The topological polar surface area (TPSA) is 60.2 Å². The molecule has 3 heterocycles. The largest absolute Gasteiger partial charge is 0.355 e. The fraction of sp³-hybridized carbons (Fsp3) is 0.650. The minimum Gasteiger partial charge on any atom is -0.355 e. The molecule has 0 aromatic carbocycles. The minimum absolute atomic E-state index is 0.236. The number of hydrogen-bond donors (Lipinski definition) is 0. The van der Waals surface area contributed by atoms with Crippen molar-refractivity contribution < 1.29 is 4.79 Å². The number of carbonyl (C=O) groups is 1. The van der Waals surface area contributed by atoms with Crippen LogP contribution < -0.4 is 4.90 Å². The molecule has 3 aliphatic rings. The number of aromatic nitrogens is 1. The van der Waals surface area contributed by atoms with Crippen LogP contribution >= 0.6 is 0 Å². The molecule has 1 spiro atoms. The fourth-order valence-corrected chi connectivity index (χ4v) is 4.95. The number of anilines is 1. The van der Waals surface area contributed by atoms with Gasteiger partial charge < -0.3 is 9.80 Å². The minimum atomic E-state index is -0.236. The van der Waals surface area contributed by atoms with Crippen LogP contribution in [0.2, 0.25) is 0 Å². The highest BCUT2D eigenvalue weighted by Crippen LogP contribution is 2.42. The summed E-state index contributed by atoms with van der Waals surface area (Å²) in [6, 6.07) is 6.21. The molecular formula is C20H26N4O. The number of nitriles is 1. The maximum absolute atomic E-state index is 13.4. The molecule has 4 rings (SSSR count). The molecule has 1 aromatic rings. The molecule has 3 fully saturated rings. The molecule has 5 nitrogen and oxygen atoms in total. The summed E-state index contributed by atoms with van der Waals surface area (Å²) in [6.07, 6.45) is 10.9. The van der Waals surface area contributed by atoms with Gasteiger partial charge in [0.2, 0.25) is 5.91 Å². The Balaban J connectivity index is 1.51. The van der Waals surface area contributed by atoms with Gasteiger partial charge in [-0.1, -0.05) is 19.3 Å². The molecule has 0 radical (unpaired) electrons. The molecule has 2 aliphatic heterocycles. The van der Waals surface area contributed by atoms with Gasteiger partial charge in [-0.25, -0.2) is 4.98 Å². The van der Waals surface area contributed by atoms with E-state index in [1.165, 1.54) is 32.1 Å². The monoisotopic (exact) mass is 338 g/mol. The molecule has 1 aliphatic carbocycles. The summed E-state index contributed by atoms with van der Waals surface area (Å²) in [4.78, 5) is 22.2. The van der Waals surface area contributed by atoms with Crippen molar-refractivity contribution in [1.29, 1.82) is 5.26 Å². The first-order chi connectivity index (χ1) is 12.2. The number of amides is 1. The normalized spacial score (nSPS) is 27.7. The average Bonchev–Trinajstić information content (AvgIpc) is 3.10. The number of likely N-dealkylation sites (tertiary alicyclic amines) is 1. The van der Waals surface area contributed by atoms with Crippen LogP contribution in [-0.4, -0.2) is 41.5 Å². The highest BCUT2D eigenvalue weighted by Gasteiger charge is 2.49. The van der Waals surface area contributed by atoms with Crippen molar-refractivity contribution in [2.75, 3.05) is 24.5 Å². The molecular weight excluding hydrogens is 312 g/mol. The number of nitrogens with zero attached hydrogens (tertiary/aromatic N) is 4. The summed E-state index contributed by atoms with van der Waals surface area (Å²) in [5.41, 5.74) is 0.393. The zero-order valence-corrected chi connectivity index (χ0v) is 14.8. The summed E-state index contributed by atoms with van der Waals surface area (Å²) in [5.74, 6) is 1.21. The number of hydrogen-bond acceptors (Lipinski definition) is 4. The molecule has 1 aromatic heterocycles. The van der Waals surface area contributed by atoms with Crippen LogP contribution in [-0.2, 0) is 4.79 Å². The van der Waals surface area contributed by atoms with Gasteiger partial charge in [-0.15, -0.1) is 0 Å². The van der Waals surface area contributed by atoms with Gasteiger partial charge in [-0.2, -0.15) is 5.26 Å². The van der Waals surface area contributed by atoms with Crippen molar-refractivity contribution in [2.24, 2.45) is 5.41 Å². The van der Waals surface area contributed by atoms with E-state index in [9.17, 15) is 4.79 Å². The predicted octanol–water partition coefficient (Wildman–Crippen LogP) is 3.10. The molecule has 132 valence electrons. The summed E-state index contributed by atoms with van der Waals surface area (Å²) >= 11 is 0. The Bertz CT molecular complexity index is 691. The Morgan fingerprint density at radius 3 is 2.80 bits per heavy atom. The zero-order chi connectivity index (χ0) is 17.3. The van der Waals surface area contributed by atoms with E-state index in [1.54, 1.807) is 12.3 Å². The Hall–Kier alpha value is -2.09. The van der Waals surface area contributed by atoms with Crippen molar-refractivity contribution in [3.8, 4) is 6.07 Å². The second kappa shape index (κ2) is 6.67. The summed E-state index contributed by atoms with van der Waals surface area (Å²) < 4.78 is 0. The highest BCUT2D eigenvalue weighted by molar-refractivity contribution is 5.85. The lowest BCUT2D eigenvalue weighted by molar-refractivity contribution is -0.148. The predicted molar refractivity (Wildman–Crippen MR) is 96.0 cm³/mol. The van der Waals surface area contributed by atoms with Crippen molar-refractivity contribution in [2.45, 2.75) is 57.4 Å². The Kier molecular flexibility index (Phi) is 4.37. The van der Waals surface area contributed by atoms with Crippen molar-refractivity contribution in [3.05, 3.63) is 23.9 Å². The smallest absolute Gasteiger partial charge is 0.230 e. The highest BCUT2D eigenvalue weighted by atomic mass is 16.2. The third kappa shape index (κ3) is 2.99. The molecule has 0 N–H and O–H groups in total. The number of piperidine rings is 1. The van der Waals surface area contributed by atoms with Gasteiger partial charge in [0.1, 0.15) is 5.82 Å². The molecule has 0 bridgehead atoms. The molecule has 5 heteroatoms. The first-order valence-electron chi connectivity index (χ1n) is 9.64. The van der Waals surface area contributed by atoms with Crippen LogP contribution in [0, 0.1) is 16.7 Å². The van der Waals surface area contributed by atoms with Gasteiger partial charge in [0.05, 0.1) is 17.0 Å². The molecule has 25 heavy (non-hydrogen) atoms. The average molecular weight is 338 g/mol. The van der Waals surface area contributed by atoms with Crippen LogP contribution in [0.5, 0.6) is 0 Å². The van der Waals surface area contributed by atoms with Gasteiger partial charge in [-0.3, -0.25) is 4.79 Å². The maximum atomic E-state index is 13.4. The summed E-state index contributed by atoms with van der Waals surface area (Å²) in [7, 11) is 0. The first-order valence-corrected chi connectivity index (χ1v) is 9.64. The van der Waals surface area contributed by atoms with E-state index >= 15 is 0 Å². The van der Waals surface area contributed by atoms with Crippen LogP contribution in [0.4, 0.5) is 5.82 Å². The number of pyridine rings is 1. The van der Waals surface area contributed by atoms with E-state index in [1.807, 2.05) is 6.07 Å². The second-order valence-corrected chi connectivity index (χ2v) is 7.86. The SMILES string of the molecule is N#Cc1ccnc(N2CCC3(CCCN(C4CCCCC4)C3=O)C2)c1. The Morgan fingerprint density at radius 1 is 1.16 bits per heavy atom. The van der Waals surface area contributed by atoms with E-state index in [2.05, 4.69) is 20.9 Å². The summed E-state index contributed by atoms with van der Waals surface area (Å²) in [6.45, 7) is 2.54. The van der Waals surface area contributed by atoms with Crippen LogP contribution in [0.1, 0.15) is 56.9 Å². The van der Waals surface area contributed by atoms with Crippen molar-refractivity contribution in [1.82, 2.24) is 9.88 Å². The molecule has 1 atom stereocenters. The first kappa shape index (κ1) is 16.4. The molecule has 1 saturated carbocycles. The van der Waals surface area contributed by atoms with Crippen molar-refractivity contribution >= 4 is 11.7 Å². The quantitative estimate of drug-likeness (QED) is 0.831. The van der Waals surface area contributed by atoms with Crippen molar-refractivity contribution in [3.63, 3.8) is 0 Å². The molecule has 1 amide bonds. The van der Waals surface area contributed by atoms with Gasteiger partial charge in [-0.05, 0) is 44.2 Å². The fourth-order valence-electron chi connectivity index (χ4n) is 4.95. The maximum Gasteiger partial charge on any atom is 0.230 e. The molecule has 2 saturated heterocycles.